The zero-order valence-electron chi connectivity index (χ0n) is 14.0. The van der Waals surface area contributed by atoms with Crippen LogP contribution in [0.4, 0.5) is 0 Å². The highest BCUT2D eigenvalue weighted by molar-refractivity contribution is 7.96. The minimum Gasteiger partial charge on any atom is -0.374 e. The van der Waals surface area contributed by atoms with Gasteiger partial charge in [-0.2, -0.15) is 0 Å². The normalized spacial score (nSPS) is 22.8. The van der Waals surface area contributed by atoms with Crippen LogP contribution in [0, 0.1) is 0 Å². The first-order valence-corrected chi connectivity index (χ1v) is 8.83. The first-order chi connectivity index (χ1) is 12.2. The largest absolute Gasteiger partial charge is 0.374 e. The van der Waals surface area contributed by atoms with E-state index < -0.39 is 10.9 Å². The lowest BCUT2D eigenvalue weighted by atomic mass is 10.1. The predicted octanol–water partition coefficient (Wildman–Crippen LogP) is 3.75. The lowest BCUT2D eigenvalue weighted by Gasteiger charge is -2.26. The van der Waals surface area contributed by atoms with Crippen molar-refractivity contribution in [1.82, 2.24) is 0 Å². The van der Waals surface area contributed by atoms with Gasteiger partial charge in [0.15, 0.2) is 0 Å². The van der Waals surface area contributed by atoms with Crippen molar-refractivity contribution in [2.24, 2.45) is 0 Å². The third-order valence-corrected chi connectivity index (χ3v) is 4.55. The van der Waals surface area contributed by atoms with Crippen molar-refractivity contribution in [1.29, 1.82) is 0 Å². The van der Waals surface area contributed by atoms with Crippen molar-refractivity contribution in [3.63, 3.8) is 0 Å². The molecule has 2 aromatic carbocycles. The van der Waals surface area contributed by atoms with Gasteiger partial charge < -0.3 is 14.2 Å². The van der Waals surface area contributed by atoms with Gasteiger partial charge in [0, 0.05) is 6.42 Å². The average Bonchev–Trinajstić information content (AvgIpc) is 3.07. The van der Waals surface area contributed by atoms with Gasteiger partial charge in [-0.3, -0.25) is 4.79 Å². The Bertz CT molecular complexity index is 677. The molecular weight excluding hydrogens is 336 g/mol. The number of thiol groups is 1. The predicted molar refractivity (Wildman–Crippen MR) is 98.2 cm³/mol. The maximum atomic E-state index is 12.0. The molecule has 1 saturated heterocycles. The van der Waals surface area contributed by atoms with Crippen LogP contribution in [0.3, 0.4) is 0 Å². The van der Waals surface area contributed by atoms with E-state index in [0.717, 1.165) is 11.1 Å². The molecule has 1 heterocycles. The number of carbonyl (C=O) groups excluding carboxylic acids is 1. The van der Waals surface area contributed by atoms with E-state index in [4.69, 9.17) is 14.2 Å². The molecule has 4 nitrogen and oxygen atoms in total. The lowest BCUT2D eigenvalue weighted by molar-refractivity contribution is -0.223. The molecule has 5 heteroatoms. The van der Waals surface area contributed by atoms with E-state index in [0.29, 0.717) is 32.7 Å². The van der Waals surface area contributed by atoms with Crippen LogP contribution in [-0.2, 0) is 32.2 Å². The number of benzene rings is 2. The van der Waals surface area contributed by atoms with Gasteiger partial charge in [0.25, 0.3) is 0 Å². The molecule has 2 atom stereocenters. The molecule has 0 bridgehead atoms. The Hall–Kier alpha value is -1.66. The summed E-state index contributed by atoms with van der Waals surface area (Å²) >= 11 is 3.98. The van der Waals surface area contributed by atoms with Gasteiger partial charge >= 0.3 is 0 Å². The molecule has 0 N–H and O–H groups in total. The Morgan fingerprint density at radius 3 is 2.24 bits per heavy atom. The van der Waals surface area contributed by atoms with Gasteiger partial charge in [0.05, 0.1) is 25.9 Å². The van der Waals surface area contributed by atoms with E-state index >= 15 is 0 Å². The third-order valence-electron chi connectivity index (χ3n) is 4.21. The molecule has 1 aliphatic heterocycles. The van der Waals surface area contributed by atoms with Crippen LogP contribution < -0.4 is 0 Å². The fourth-order valence-corrected chi connectivity index (χ4v) is 3.07. The van der Waals surface area contributed by atoms with Crippen molar-refractivity contribution in [2.45, 2.75) is 37.9 Å². The summed E-state index contributed by atoms with van der Waals surface area (Å²) in [7, 11) is 0. The highest BCUT2D eigenvalue weighted by Crippen LogP contribution is 2.34. The molecule has 1 aliphatic rings. The van der Waals surface area contributed by atoms with E-state index in [1.807, 2.05) is 60.7 Å². The smallest absolute Gasteiger partial charge is 0.245 e. The van der Waals surface area contributed by atoms with E-state index in [-0.39, 0.29) is 6.10 Å². The first-order valence-electron chi connectivity index (χ1n) is 8.39. The number of carbonyl (C=O) groups is 1. The summed E-state index contributed by atoms with van der Waals surface area (Å²) in [6.45, 7) is 1.25. The second kappa shape index (κ2) is 8.63. The minimum atomic E-state index is -1.28. The summed E-state index contributed by atoms with van der Waals surface area (Å²) < 4.78 is 17.4. The van der Waals surface area contributed by atoms with Gasteiger partial charge in [-0.25, -0.2) is 0 Å². The van der Waals surface area contributed by atoms with Crippen molar-refractivity contribution in [3.8, 4) is 0 Å². The summed E-state index contributed by atoms with van der Waals surface area (Å²) in [6, 6.07) is 19.7. The van der Waals surface area contributed by atoms with Crippen LogP contribution in [0.1, 0.15) is 24.0 Å². The van der Waals surface area contributed by atoms with Gasteiger partial charge in [0.1, 0.15) is 0 Å². The topological polar surface area (TPSA) is 44.8 Å². The van der Waals surface area contributed by atoms with Gasteiger partial charge in [-0.1, -0.05) is 73.3 Å². The van der Waals surface area contributed by atoms with Crippen LogP contribution in [0.2, 0.25) is 0 Å². The van der Waals surface area contributed by atoms with Gasteiger partial charge in [-0.05, 0) is 17.5 Å². The molecule has 1 fully saturated rings. The first kappa shape index (κ1) is 18.1. The van der Waals surface area contributed by atoms with Crippen LogP contribution in [-0.4, -0.2) is 23.6 Å². The molecule has 132 valence electrons. The molecule has 0 aromatic heterocycles. The molecule has 2 unspecified atom stereocenters. The highest BCUT2D eigenvalue weighted by Gasteiger charge is 2.46. The maximum absolute atomic E-state index is 12.0. The Morgan fingerprint density at radius 1 is 1.04 bits per heavy atom. The standard InChI is InChI=1S/C20H22O4S/c21-19(25)20(23-14-17-9-5-2-6-10-17)12-11-18(24-20)15-22-13-16-7-3-1-4-8-16/h1-10,18H,11-15H2,(H,21,25). The van der Waals surface area contributed by atoms with E-state index in [1.54, 1.807) is 0 Å². The number of hydrogen-bond acceptors (Lipinski definition) is 4. The van der Waals surface area contributed by atoms with E-state index in [1.165, 1.54) is 0 Å². The third kappa shape index (κ3) is 4.92. The molecule has 2 aromatic rings. The van der Waals surface area contributed by atoms with Crippen molar-refractivity contribution in [3.05, 3.63) is 71.8 Å². The lowest BCUT2D eigenvalue weighted by Crippen LogP contribution is -2.39. The molecule has 0 aliphatic carbocycles. The van der Waals surface area contributed by atoms with Crippen LogP contribution in [0.25, 0.3) is 0 Å². The molecular formula is C20H22O4S. The Kier molecular flexibility index (Phi) is 6.26. The zero-order valence-corrected chi connectivity index (χ0v) is 14.9. The highest BCUT2D eigenvalue weighted by atomic mass is 32.1. The molecule has 0 radical (unpaired) electrons. The van der Waals surface area contributed by atoms with E-state index in [9.17, 15) is 4.79 Å². The van der Waals surface area contributed by atoms with Crippen molar-refractivity contribution >= 4 is 17.7 Å². The maximum Gasteiger partial charge on any atom is 0.245 e. The van der Waals surface area contributed by atoms with Crippen molar-refractivity contribution in [2.75, 3.05) is 6.61 Å². The monoisotopic (exact) mass is 358 g/mol. The number of rotatable bonds is 8. The van der Waals surface area contributed by atoms with E-state index in [2.05, 4.69) is 12.6 Å². The zero-order chi connectivity index (χ0) is 17.5. The molecule has 0 saturated carbocycles. The summed E-state index contributed by atoms with van der Waals surface area (Å²) in [6.07, 6.45) is 1.02. The summed E-state index contributed by atoms with van der Waals surface area (Å²) in [5.41, 5.74) is 2.10. The van der Waals surface area contributed by atoms with Crippen LogP contribution in [0.5, 0.6) is 0 Å². The summed E-state index contributed by atoms with van der Waals surface area (Å²) in [5.74, 6) is -1.28. The second-order valence-electron chi connectivity index (χ2n) is 6.11. The fraction of sp³-hybridized carbons (Fsp3) is 0.350. The molecule has 25 heavy (non-hydrogen) atoms. The average molecular weight is 358 g/mol. The molecule has 0 amide bonds. The SMILES string of the molecule is O=C(S)C1(OCc2ccccc2)CCC(COCc2ccccc2)O1. The van der Waals surface area contributed by atoms with Crippen molar-refractivity contribution < 1.29 is 19.0 Å². The molecule has 0 spiro atoms. The summed E-state index contributed by atoms with van der Waals surface area (Å²) in [5, 5.41) is -0.394. The number of ether oxygens (including phenoxy) is 3. The van der Waals surface area contributed by atoms with Gasteiger partial charge in [-0.15, -0.1) is 0 Å². The second-order valence-corrected chi connectivity index (χ2v) is 6.52. The molecule has 3 rings (SSSR count). The fourth-order valence-electron chi connectivity index (χ4n) is 2.84. The van der Waals surface area contributed by atoms with Gasteiger partial charge in [0.2, 0.25) is 10.9 Å². The Labute approximate surface area is 153 Å². The number of hydrogen-bond donors (Lipinski definition) is 1. The van der Waals surface area contributed by atoms with Crippen LogP contribution >= 0.6 is 12.6 Å². The summed E-state index contributed by atoms with van der Waals surface area (Å²) in [4.78, 5) is 12.0. The Balaban J connectivity index is 1.51. The Morgan fingerprint density at radius 2 is 1.64 bits per heavy atom. The quantitative estimate of drug-likeness (QED) is 0.730. The minimum absolute atomic E-state index is 0.171. The van der Waals surface area contributed by atoms with Crippen LogP contribution in [0.15, 0.2) is 60.7 Å².